The molecule has 9 aromatic carbocycles. The summed E-state index contributed by atoms with van der Waals surface area (Å²) in [5.74, 6) is 0. The fraction of sp³-hybridized carbons (Fsp3) is 0.0714. The maximum Gasteiger partial charge on any atom is 0.0726 e. The van der Waals surface area contributed by atoms with Crippen molar-refractivity contribution in [2.75, 3.05) is 4.90 Å². The van der Waals surface area contributed by atoms with E-state index in [4.69, 9.17) is 0 Å². The Bertz CT molecular complexity index is 3050. The molecule has 1 heteroatoms. The van der Waals surface area contributed by atoms with Crippen molar-refractivity contribution < 1.29 is 0 Å². The van der Waals surface area contributed by atoms with Gasteiger partial charge in [-0.15, -0.1) is 0 Å². The Morgan fingerprint density at radius 2 is 0.877 bits per heavy atom. The SMILES string of the molecule is CC1(C)c2ccccc2-c2c(-c3ccc(N(c4ccccc4)c4cccc5c4-c4ccccc4C54c5ccccc5-c5ccccc54)cc3)cc3ccccc3c21. The Labute approximate surface area is 334 Å². The van der Waals surface area contributed by atoms with Gasteiger partial charge in [-0.3, -0.25) is 0 Å². The standard InChI is InChI=1S/C56H39N/c1-55(2)46-25-12-10-23-43(46)52-45(35-37-17-6-7-20-40(37)54(52)55)36-31-33-39(34-32-36)57(38-18-4-3-5-19-38)51-30-16-29-50-53(51)44-24-11-15-28-49(44)56(50)47-26-13-8-21-41(47)42-22-9-14-27-48(42)56/h3-35H,1-2H3. The van der Waals surface area contributed by atoms with Crippen LogP contribution >= 0.6 is 0 Å². The first-order valence-electron chi connectivity index (χ1n) is 20.1. The molecule has 0 aromatic heterocycles. The summed E-state index contributed by atoms with van der Waals surface area (Å²) in [6.45, 7) is 4.77. The number of benzene rings is 9. The van der Waals surface area contributed by atoms with Crippen molar-refractivity contribution >= 4 is 27.8 Å². The number of nitrogens with zero attached hydrogens (tertiary/aromatic N) is 1. The molecule has 12 rings (SSSR count). The maximum atomic E-state index is 2.47. The zero-order chi connectivity index (χ0) is 37.9. The Morgan fingerprint density at radius 3 is 1.56 bits per heavy atom. The summed E-state index contributed by atoms with van der Waals surface area (Å²) >= 11 is 0. The summed E-state index contributed by atoms with van der Waals surface area (Å²) in [7, 11) is 0. The smallest absolute Gasteiger partial charge is 0.0726 e. The molecule has 1 nitrogen and oxygen atoms in total. The first kappa shape index (κ1) is 32.3. The molecule has 0 amide bonds. The van der Waals surface area contributed by atoms with Crippen molar-refractivity contribution in [3.05, 3.63) is 234 Å². The van der Waals surface area contributed by atoms with Crippen molar-refractivity contribution in [2.24, 2.45) is 0 Å². The molecule has 0 heterocycles. The van der Waals surface area contributed by atoms with Crippen molar-refractivity contribution in [1.29, 1.82) is 0 Å². The number of hydrogen-bond donors (Lipinski definition) is 0. The van der Waals surface area contributed by atoms with Crippen LogP contribution < -0.4 is 4.90 Å². The van der Waals surface area contributed by atoms with Gasteiger partial charge in [-0.25, -0.2) is 0 Å². The van der Waals surface area contributed by atoms with E-state index in [1.165, 1.54) is 94.3 Å². The van der Waals surface area contributed by atoms with Gasteiger partial charge in [-0.1, -0.05) is 178 Å². The topological polar surface area (TPSA) is 3.24 Å². The van der Waals surface area contributed by atoms with E-state index in [1.54, 1.807) is 0 Å². The van der Waals surface area contributed by atoms with Crippen LogP contribution in [0.15, 0.2) is 200 Å². The molecule has 0 atom stereocenters. The second kappa shape index (κ2) is 11.8. The summed E-state index contributed by atoms with van der Waals surface area (Å²) in [5.41, 5.74) is 21.6. The normalized spacial score (nSPS) is 14.4. The Kier molecular flexibility index (Phi) is 6.67. The minimum Gasteiger partial charge on any atom is -0.310 e. The lowest BCUT2D eigenvalue weighted by molar-refractivity contribution is 0.666. The van der Waals surface area contributed by atoms with Crippen LogP contribution in [0.3, 0.4) is 0 Å². The number of hydrogen-bond acceptors (Lipinski definition) is 1. The van der Waals surface area contributed by atoms with E-state index in [2.05, 4.69) is 219 Å². The highest BCUT2D eigenvalue weighted by atomic mass is 15.1. The monoisotopic (exact) mass is 725 g/mol. The van der Waals surface area contributed by atoms with Crippen molar-refractivity contribution in [3.8, 4) is 44.5 Å². The predicted molar refractivity (Wildman–Crippen MR) is 238 cm³/mol. The molecule has 57 heavy (non-hydrogen) atoms. The molecule has 9 aromatic rings. The van der Waals surface area contributed by atoms with E-state index in [0.717, 1.165) is 11.4 Å². The van der Waals surface area contributed by atoms with E-state index in [9.17, 15) is 0 Å². The molecule has 0 fully saturated rings. The molecule has 0 radical (unpaired) electrons. The molecule has 0 saturated heterocycles. The summed E-state index contributed by atoms with van der Waals surface area (Å²) < 4.78 is 0. The van der Waals surface area contributed by atoms with Gasteiger partial charge in [-0.2, -0.15) is 0 Å². The third-order valence-electron chi connectivity index (χ3n) is 13.2. The van der Waals surface area contributed by atoms with E-state index < -0.39 is 5.41 Å². The fourth-order valence-corrected chi connectivity index (χ4v) is 11.0. The lowest BCUT2D eigenvalue weighted by atomic mass is 9.70. The molecule has 0 saturated carbocycles. The molecule has 0 bridgehead atoms. The molecule has 1 spiro atoms. The molecule has 0 aliphatic heterocycles. The molecule has 3 aliphatic carbocycles. The highest BCUT2D eigenvalue weighted by Gasteiger charge is 2.52. The maximum absolute atomic E-state index is 2.47. The van der Waals surface area contributed by atoms with Gasteiger partial charge in [0.25, 0.3) is 0 Å². The van der Waals surface area contributed by atoms with Gasteiger partial charge in [-0.05, 0) is 119 Å². The molecule has 268 valence electrons. The minimum atomic E-state index is -0.401. The number of anilines is 3. The number of para-hydroxylation sites is 1. The van der Waals surface area contributed by atoms with Gasteiger partial charge in [0, 0.05) is 22.4 Å². The molecular weight excluding hydrogens is 687 g/mol. The first-order valence-corrected chi connectivity index (χ1v) is 20.1. The van der Waals surface area contributed by atoms with Gasteiger partial charge >= 0.3 is 0 Å². The van der Waals surface area contributed by atoms with Crippen molar-refractivity contribution in [3.63, 3.8) is 0 Å². The van der Waals surface area contributed by atoms with E-state index in [0.29, 0.717) is 0 Å². The molecule has 3 aliphatic rings. The largest absolute Gasteiger partial charge is 0.310 e. The van der Waals surface area contributed by atoms with Crippen LogP contribution in [-0.2, 0) is 10.8 Å². The van der Waals surface area contributed by atoms with Gasteiger partial charge in [0.2, 0.25) is 0 Å². The zero-order valence-electron chi connectivity index (χ0n) is 32.0. The van der Waals surface area contributed by atoms with Crippen molar-refractivity contribution in [1.82, 2.24) is 0 Å². The molecule has 0 unspecified atom stereocenters. The third-order valence-corrected chi connectivity index (χ3v) is 13.2. The zero-order valence-corrected chi connectivity index (χ0v) is 32.0. The van der Waals surface area contributed by atoms with Crippen LogP contribution in [0.4, 0.5) is 17.1 Å². The van der Waals surface area contributed by atoms with Crippen LogP contribution in [0.5, 0.6) is 0 Å². The lowest BCUT2D eigenvalue weighted by Gasteiger charge is -2.31. The second-order valence-corrected chi connectivity index (χ2v) is 16.4. The predicted octanol–water partition coefficient (Wildman–Crippen LogP) is 14.6. The fourth-order valence-electron chi connectivity index (χ4n) is 11.0. The third kappa shape index (κ3) is 4.24. The molecular formula is C56H39N. The van der Waals surface area contributed by atoms with Crippen LogP contribution in [0, 0.1) is 0 Å². The first-order chi connectivity index (χ1) is 28.1. The Hall–Kier alpha value is -6.96. The van der Waals surface area contributed by atoms with Crippen LogP contribution in [-0.4, -0.2) is 0 Å². The quantitative estimate of drug-likeness (QED) is 0.175. The second-order valence-electron chi connectivity index (χ2n) is 16.4. The van der Waals surface area contributed by atoms with Crippen LogP contribution in [0.2, 0.25) is 0 Å². The van der Waals surface area contributed by atoms with E-state index in [-0.39, 0.29) is 5.41 Å². The average Bonchev–Trinajstić information content (AvgIpc) is 3.84. The number of rotatable bonds is 4. The van der Waals surface area contributed by atoms with Crippen LogP contribution in [0.25, 0.3) is 55.3 Å². The summed E-state index contributed by atoms with van der Waals surface area (Å²) in [6, 6.07) is 74.7. The minimum absolute atomic E-state index is 0.104. The van der Waals surface area contributed by atoms with Crippen molar-refractivity contribution in [2.45, 2.75) is 24.7 Å². The lowest BCUT2D eigenvalue weighted by Crippen LogP contribution is -2.26. The van der Waals surface area contributed by atoms with Gasteiger partial charge in [0.05, 0.1) is 11.1 Å². The summed E-state index contributed by atoms with van der Waals surface area (Å²) in [6.07, 6.45) is 0. The highest BCUT2D eigenvalue weighted by molar-refractivity contribution is 6.05. The van der Waals surface area contributed by atoms with Gasteiger partial charge in [0.15, 0.2) is 0 Å². The summed E-state index contributed by atoms with van der Waals surface area (Å²) in [5, 5.41) is 2.62. The van der Waals surface area contributed by atoms with E-state index >= 15 is 0 Å². The highest BCUT2D eigenvalue weighted by Crippen LogP contribution is 2.64. The van der Waals surface area contributed by atoms with Crippen LogP contribution in [0.1, 0.15) is 47.2 Å². The Balaban J connectivity index is 1.08. The molecule has 0 N–H and O–H groups in total. The summed E-state index contributed by atoms with van der Waals surface area (Å²) in [4.78, 5) is 2.47. The number of fused-ring (bicyclic) bond motifs is 15. The van der Waals surface area contributed by atoms with E-state index in [1.807, 2.05) is 0 Å². The average molecular weight is 726 g/mol. The van der Waals surface area contributed by atoms with Gasteiger partial charge < -0.3 is 4.90 Å². The van der Waals surface area contributed by atoms with Gasteiger partial charge in [0.1, 0.15) is 0 Å². The Morgan fingerprint density at radius 1 is 0.368 bits per heavy atom.